The molecule has 0 amide bonds. The van der Waals surface area contributed by atoms with Crippen LogP contribution in [-0.4, -0.2) is 38.0 Å². The Hall–Kier alpha value is -2.62. The van der Waals surface area contributed by atoms with Gasteiger partial charge in [0.15, 0.2) is 5.82 Å². The van der Waals surface area contributed by atoms with Crippen LogP contribution in [0.25, 0.3) is 0 Å². The van der Waals surface area contributed by atoms with Crippen molar-refractivity contribution in [3.8, 4) is 0 Å². The van der Waals surface area contributed by atoms with Gasteiger partial charge in [0, 0.05) is 14.2 Å². The molecule has 0 saturated carbocycles. The molecule has 21 heavy (non-hydrogen) atoms. The lowest BCUT2D eigenvalue weighted by Crippen LogP contribution is -2.35. The van der Waals surface area contributed by atoms with Crippen molar-refractivity contribution in [1.82, 2.24) is 24.3 Å². The largest absolute Gasteiger partial charge is 0.383 e. The van der Waals surface area contributed by atoms with Crippen molar-refractivity contribution in [3.05, 3.63) is 33.0 Å². The molecule has 0 unspecified atom stereocenters. The second-order valence-corrected chi connectivity index (χ2v) is 4.35. The van der Waals surface area contributed by atoms with E-state index in [1.165, 1.54) is 11.7 Å². The van der Waals surface area contributed by atoms with Crippen LogP contribution < -0.4 is 22.3 Å². The third-order valence-electron chi connectivity index (χ3n) is 2.83. The number of nitrogens with zero attached hydrogens (tertiary/aromatic N) is 4. The maximum Gasteiger partial charge on any atom is 0.330 e. The van der Waals surface area contributed by atoms with E-state index in [9.17, 15) is 9.59 Å². The number of rotatable bonds is 6. The van der Waals surface area contributed by atoms with Crippen LogP contribution in [-0.2, 0) is 24.9 Å². The Balaban J connectivity index is 2.26. The summed E-state index contributed by atoms with van der Waals surface area (Å²) in [6.07, 6.45) is 1.55. The third-order valence-corrected chi connectivity index (χ3v) is 2.83. The monoisotopic (exact) mass is 295 g/mol. The van der Waals surface area contributed by atoms with E-state index >= 15 is 0 Å². The summed E-state index contributed by atoms with van der Waals surface area (Å²) >= 11 is 0. The first kappa shape index (κ1) is 14.8. The molecule has 0 radical (unpaired) electrons. The number of nitrogens with two attached hydrogens (primary N) is 1. The Morgan fingerprint density at radius 1 is 1.48 bits per heavy atom. The number of methoxy groups -OCH3 is 1. The molecule has 2 rings (SSSR count). The minimum Gasteiger partial charge on any atom is -0.383 e. The summed E-state index contributed by atoms with van der Waals surface area (Å²) in [5.41, 5.74) is 4.83. The first-order valence-corrected chi connectivity index (χ1v) is 6.23. The second-order valence-electron chi connectivity index (χ2n) is 4.35. The van der Waals surface area contributed by atoms with E-state index in [4.69, 9.17) is 10.5 Å². The van der Waals surface area contributed by atoms with Gasteiger partial charge in [0.2, 0.25) is 0 Å². The van der Waals surface area contributed by atoms with Gasteiger partial charge in [0.05, 0.1) is 19.7 Å². The molecular weight excluding hydrogens is 278 g/mol. The molecule has 0 aromatic carbocycles. The zero-order valence-corrected chi connectivity index (χ0v) is 11.8. The summed E-state index contributed by atoms with van der Waals surface area (Å²) in [6.45, 7) is 0.766. The quantitative estimate of drug-likeness (QED) is 0.591. The maximum atomic E-state index is 11.8. The molecule has 10 nitrogen and oxygen atoms in total. The number of aromatic amines is 1. The minimum atomic E-state index is -0.581. The molecular formula is C11H17N7O3. The first-order chi connectivity index (χ1) is 10.0. The van der Waals surface area contributed by atoms with Gasteiger partial charge in [-0.05, 0) is 0 Å². The van der Waals surface area contributed by atoms with E-state index in [2.05, 4.69) is 20.4 Å². The summed E-state index contributed by atoms with van der Waals surface area (Å²) in [6, 6.07) is 0. The van der Waals surface area contributed by atoms with Gasteiger partial charge in [-0.1, -0.05) is 0 Å². The minimum absolute atomic E-state index is 0.0525. The fourth-order valence-electron chi connectivity index (χ4n) is 1.80. The predicted molar refractivity (Wildman–Crippen MR) is 75.9 cm³/mol. The van der Waals surface area contributed by atoms with E-state index in [0.717, 1.165) is 0 Å². The Labute approximate surface area is 119 Å². The molecule has 0 fully saturated rings. The fraction of sp³-hybridized carbons (Fsp3) is 0.455. The molecule has 0 aliphatic rings. The Morgan fingerprint density at radius 2 is 2.24 bits per heavy atom. The van der Waals surface area contributed by atoms with Gasteiger partial charge in [-0.2, -0.15) is 5.10 Å². The fourth-order valence-corrected chi connectivity index (χ4v) is 1.80. The highest BCUT2D eigenvalue weighted by atomic mass is 16.5. The first-order valence-electron chi connectivity index (χ1n) is 6.23. The Kier molecular flexibility index (Phi) is 4.38. The SMILES string of the molecule is COCCn1c(N)c(NCc2ncn(C)n2)c(=O)[nH]c1=O. The van der Waals surface area contributed by atoms with Crippen LogP contribution in [0.4, 0.5) is 11.5 Å². The van der Waals surface area contributed by atoms with Crippen LogP contribution in [0.1, 0.15) is 5.82 Å². The molecule has 4 N–H and O–H groups in total. The summed E-state index contributed by atoms with van der Waals surface area (Å²) < 4.78 is 7.69. The van der Waals surface area contributed by atoms with Gasteiger partial charge >= 0.3 is 5.69 Å². The topological polar surface area (TPSA) is 133 Å². The van der Waals surface area contributed by atoms with E-state index in [0.29, 0.717) is 12.4 Å². The number of hydrogen-bond acceptors (Lipinski definition) is 7. The molecule has 10 heteroatoms. The number of aromatic nitrogens is 5. The predicted octanol–water partition coefficient (Wildman–Crippen LogP) is -1.49. The molecule has 0 atom stereocenters. The molecule has 2 aromatic rings. The normalized spacial score (nSPS) is 10.8. The molecule has 114 valence electrons. The Morgan fingerprint density at radius 3 is 2.86 bits per heavy atom. The highest BCUT2D eigenvalue weighted by molar-refractivity contribution is 5.60. The number of anilines is 2. The number of ether oxygens (including phenoxy) is 1. The van der Waals surface area contributed by atoms with Crippen LogP contribution in [0.2, 0.25) is 0 Å². The standard InChI is InChI=1S/C11H17N7O3/c1-17-6-14-7(16-17)5-13-8-9(12)18(3-4-21-2)11(20)15-10(8)19/h6,13H,3-5,12H2,1-2H3,(H,15,19,20). The van der Waals surface area contributed by atoms with Crippen molar-refractivity contribution < 1.29 is 4.74 Å². The van der Waals surface area contributed by atoms with Crippen molar-refractivity contribution in [3.63, 3.8) is 0 Å². The van der Waals surface area contributed by atoms with E-state index < -0.39 is 11.2 Å². The molecule has 0 saturated heterocycles. The number of H-pyrrole nitrogens is 1. The lowest BCUT2D eigenvalue weighted by molar-refractivity contribution is 0.186. The van der Waals surface area contributed by atoms with E-state index in [1.54, 1.807) is 18.1 Å². The molecule has 0 aliphatic heterocycles. The van der Waals surface area contributed by atoms with Crippen LogP contribution in [0.5, 0.6) is 0 Å². The molecule has 2 heterocycles. The number of aryl methyl sites for hydroxylation is 1. The van der Waals surface area contributed by atoms with Gasteiger partial charge in [-0.25, -0.2) is 9.78 Å². The van der Waals surface area contributed by atoms with Crippen molar-refractivity contribution in [2.24, 2.45) is 7.05 Å². The average molecular weight is 295 g/mol. The van der Waals surface area contributed by atoms with Crippen molar-refractivity contribution >= 4 is 11.5 Å². The van der Waals surface area contributed by atoms with Gasteiger partial charge in [0.25, 0.3) is 5.56 Å². The molecule has 0 aliphatic carbocycles. The lowest BCUT2D eigenvalue weighted by Gasteiger charge is -2.12. The zero-order chi connectivity index (χ0) is 15.4. The van der Waals surface area contributed by atoms with Crippen molar-refractivity contribution in [2.45, 2.75) is 13.1 Å². The summed E-state index contributed by atoms with van der Waals surface area (Å²) in [4.78, 5) is 29.8. The number of nitrogens with one attached hydrogen (secondary N) is 2. The lowest BCUT2D eigenvalue weighted by atomic mass is 10.4. The molecule has 2 aromatic heterocycles. The third kappa shape index (κ3) is 3.28. The van der Waals surface area contributed by atoms with Gasteiger partial charge in [-0.3, -0.25) is 19.0 Å². The van der Waals surface area contributed by atoms with Gasteiger partial charge in [0.1, 0.15) is 17.8 Å². The zero-order valence-electron chi connectivity index (χ0n) is 11.8. The second kappa shape index (κ2) is 6.22. The summed E-state index contributed by atoms with van der Waals surface area (Å²) in [7, 11) is 3.25. The van der Waals surface area contributed by atoms with Crippen LogP contribution >= 0.6 is 0 Å². The molecule has 0 bridgehead atoms. The number of nitrogen functional groups attached to an aromatic ring is 1. The van der Waals surface area contributed by atoms with E-state index in [1.807, 2.05) is 0 Å². The summed E-state index contributed by atoms with van der Waals surface area (Å²) in [5.74, 6) is 0.558. The van der Waals surface area contributed by atoms with Crippen LogP contribution in [0.15, 0.2) is 15.9 Å². The van der Waals surface area contributed by atoms with Crippen LogP contribution in [0.3, 0.4) is 0 Å². The summed E-state index contributed by atoms with van der Waals surface area (Å²) in [5, 5.41) is 6.92. The van der Waals surface area contributed by atoms with E-state index in [-0.39, 0.29) is 24.6 Å². The number of hydrogen-bond donors (Lipinski definition) is 3. The highest BCUT2D eigenvalue weighted by Gasteiger charge is 2.12. The van der Waals surface area contributed by atoms with Gasteiger partial charge in [-0.15, -0.1) is 0 Å². The smallest absolute Gasteiger partial charge is 0.330 e. The van der Waals surface area contributed by atoms with Crippen molar-refractivity contribution in [1.29, 1.82) is 0 Å². The average Bonchev–Trinajstić information content (AvgIpc) is 2.84. The van der Waals surface area contributed by atoms with Crippen LogP contribution in [0, 0.1) is 0 Å². The van der Waals surface area contributed by atoms with Gasteiger partial charge < -0.3 is 15.8 Å². The van der Waals surface area contributed by atoms with Crippen molar-refractivity contribution in [2.75, 3.05) is 24.8 Å². The Bertz CT molecular complexity index is 730. The highest BCUT2D eigenvalue weighted by Crippen LogP contribution is 2.10. The molecule has 0 spiro atoms. The maximum absolute atomic E-state index is 11.8.